The molecule has 0 aromatic rings. The topological polar surface area (TPSA) is 141 Å². The van der Waals surface area contributed by atoms with Crippen LogP contribution in [0.5, 0.6) is 0 Å². The second-order valence-electron chi connectivity index (χ2n) is 20.2. The van der Waals surface area contributed by atoms with Crippen LogP contribution in [0.2, 0.25) is 0 Å². The van der Waals surface area contributed by atoms with Crippen LogP contribution in [0.25, 0.3) is 0 Å². The maximum absolute atomic E-state index is 12.7. The molecule has 62 heavy (non-hydrogen) atoms. The van der Waals surface area contributed by atoms with Gasteiger partial charge in [0.25, 0.3) is 0 Å². The normalized spacial score (nSPS) is 27.5. The minimum Gasteiger partial charge on any atom is -0.446 e. The number of fused-ring (bicyclic) bond motifs is 5. The largest absolute Gasteiger partial charge is 0.446 e. The van der Waals surface area contributed by atoms with Gasteiger partial charge < -0.3 is 53.3 Å². The van der Waals surface area contributed by atoms with E-state index < -0.39 is 11.7 Å². The predicted molar refractivity (Wildman–Crippen MR) is 241 cm³/mol. The van der Waals surface area contributed by atoms with Crippen LogP contribution >= 0.6 is 0 Å². The molecule has 2 N–H and O–H groups in total. The summed E-state index contributed by atoms with van der Waals surface area (Å²) in [6, 6.07) is 0. The minimum atomic E-state index is -0.515. The van der Waals surface area contributed by atoms with Gasteiger partial charge in [0.1, 0.15) is 11.7 Å². The summed E-state index contributed by atoms with van der Waals surface area (Å²) in [5, 5.41) is 5.52. The summed E-state index contributed by atoms with van der Waals surface area (Å²) < 4.78 is 49.8. The van der Waals surface area contributed by atoms with Gasteiger partial charge in [-0.3, -0.25) is 0 Å². The van der Waals surface area contributed by atoms with Crippen molar-refractivity contribution in [3.05, 3.63) is 11.6 Å². The summed E-state index contributed by atoms with van der Waals surface area (Å²) in [6.45, 7) is 25.2. The Morgan fingerprint density at radius 2 is 1.18 bits per heavy atom. The summed E-state index contributed by atoms with van der Waals surface area (Å²) in [6.07, 6.45) is 15.6. The Labute approximate surface area is 375 Å². The van der Waals surface area contributed by atoms with Gasteiger partial charge in [-0.15, -0.1) is 0 Å². The molecule has 13 heteroatoms. The molecule has 4 aliphatic rings. The Balaban J connectivity index is 0.914. The summed E-state index contributed by atoms with van der Waals surface area (Å²) in [4.78, 5) is 24.3. The summed E-state index contributed by atoms with van der Waals surface area (Å²) in [5.41, 5.74) is 1.79. The summed E-state index contributed by atoms with van der Waals surface area (Å²) in [5.74, 6) is 4.97. The number of alkyl carbamates (subject to hydrolysis) is 2. The van der Waals surface area contributed by atoms with Crippen molar-refractivity contribution in [2.75, 3.05) is 106 Å². The Kier molecular flexibility index (Phi) is 23.3. The molecule has 2 amide bonds. The lowest BCUT2D eigenvalue weighted by atomic mass is 9.47. The Morgan fingerprint density at radius 3 is 1.69 bits per heavy atom. The van der Waals surface area contributed by atoms with E-state index in [9.17, 15) is 9.59 Å². The molecular formula is C49H88N2O11. The number of allylic oxidation sites excluding steroid dienone is 1. The van der Waals surface area contributed by atoms with Gasteiger partial charge in [0.15, 0.2) is 0 Å². The first-order valence-corrected chi connectivity index (χ1v) is 24.4. The van der Waals surface area contributed by atoms with Gasteiger partial charge in [-0.05, 0) is 112 Å². The molecular weight excluding hydrogens is 793 g/mol. The molecule has 0 radical (unpaired) electrons. The fourth-order valence-electron chi connectivity index (χ4n) is 11.1. The van der Waals surface area contributed by atoms with Crippen LogP contribution in [-0.2, 0) is 42.6 Å². The summed E-state index contributed by atoms with van der Waals surface area (Å²) >= 11 is 0. The van der Waals surface area contributed by atoms with Crippen molar-refractivity contribution in [1.29, 1.82) is 0 Å². The highest BCUT2D eigenvalue weighted by atomic mass is 16.6. The van der Waals surface area contributed by atoms with Gasteiger partial charge in [-0.25, -0.2) is 9.59 Å². The zero-order valence-electron chi connectivity index (χ0n) is 40.2. The zero-order valence-corrected chi connectivity index (χ0v) is 40.2. The standard InChI is InChI=1S/C49H88N2O11/c1-37(2)10-9-11-38(3)42-14-15-43-41-13-12-39-36-40(16-18-48(39,7)44(41)17-19-49(42,43)8)61-45(52)50-20-22-54-24-26-56-28-30-58-32-34-60-35-33-59-31-29-57-27-25-55-23-21-51-46(53)62-47(4,5)6/h12,37-38,40-44H,9-11,13-36H2,1-8H3,(H,50,52)(H,51,53)/t38-,40-,41+,42-,43+,44+,48+,49-/m1/s1. The van der Waals surface area contributed by atoms with Crippen molar-refractivity contribution < 1.29 is 52.2 Å². The number of carbonyl (C=O) groups is 2. The number of nitrogens with one attached hydrogen (secondary N) is 2. The van der Waals surface area contributed by atoms with Crippen LogP contribution in [-0.4, -0.2) is 129 Å². The fourth-order valence-corrected chi connectivity index (χ4v) is 11.1. The zero-order chi connectivity index (χ0) is 44.9. The van der Waals surface area contributed by atoms with Crippen molar-refractivity contribution in [2.45, 2.75) is 138 Å². The van der Waals surface area contributed by atoms with Gasteiger partial charge in [-0.1, -0.05) is 65.5 Å². The molecule has 0 unspecified atom stereocenters. The molecule has 0 bridgehead atoms. The minimum absolute atomic E-state index is 0.0523. The van der Waals surface area contributed by atoms with E-state index in [0.29, 0.717) is 111 Å². The summed E-state index contributed by atoms with van der Waals surface area (Å²) in [7, 11) is 0. The van der Waals surface area contributed by atoms with Gasteiger partial charge in [0, 0.05) is 19.5 Å². The van der Waals surface area contributed by atoms with Gasteiger partial charge >= 0.3 is 12.2 Å². The van der Waals surface area contributed by atoms with Crippen LogP contribution in [0.1, 0.15) is 126 Å². The molecule has 3 saturated carbocycles. The number of carbonyl (C=O) groups excluding carboxylic acids is 2. The van der Waals surface area contributed by atoms with Gasteiger partial charge in [0.2, 0.25) is 0 Å². The first-order valence-electron chi connectivity index (χ1n) is 24.4. The average Bonchev–Trinajstić information content (AvgIpc) is 3.57. The molecule has 360 valence electrons. The van der Waals surface area contributed by atoms with Gasteiger partial charge in [0.05, 0.1) is 92.5 Å². The molecule has 0 saturated heterocycles. The quantitative estimate of drug-likeness (QED) is 0.0529. The first kappa shape index (κ1) is 52.6. The second kappa shape index (κ2) is 27.5. The maximum Gasteiger partial charge on any atom is 0.407 e. The predicted octanol–water partition coefficient (Wildman–Crippen LogP) is 8.76. The molecule has 0 aromatic heterocycles. The number of amides is 2. The van der Waals surface area contributed by atoms with E-state index in [1.165, 1.54) is 51.4 Å². The number of hydrogen-bond acceptors (Lipinski definition) is 11. The molecule has 0 aromatic carbocycles. The Hall–Kier alpha value is -2.00. The van der Waals surface area contributed by atoms with Crippen LogP contribution in [0.15, 0.2) is 11.6 Å². The highest BCUT2D eigenvalue weighted by Gasteiger charge is 2.59. The van der Waals surface area contributed by atoms with E-state index in [1.807, 2.05) is 20.8 Å². The van der Waals surface area contributed by atoms with Crippen molar-refractivity contribution in [2.24, 2.45) is 46.3 Å². The average molecular weight is 881 g/mol. The molecule has 13 nitrogen and oxygen atoms in total. The molecule has 4 rings (SSSR count). The van der Waals surface area contributed by atoms with E-state index in [1.54, 1.807) is 5.57 Å². The molecule has 0 heterocycles. The Morgan fingerprint density at radius 1 is 0.661 bits per heavy atom. The molecule has 0 aliphatic heterocycles. The lowest BCUT2D eigenvalue weighted by Gasteiger charge is -2.58. The number of hydrogen-bond donors (Lipinski definition) is 2. The number of rotatable bonds is 30. The third kappa shape index (κ3) is 17.8. The molecule has 4 aliphatic carbocycles. The lowest BCUT2D eigenvalue weighted by Crippen LogP contribution is -2.51. The molecule has 8 atom stereocenters. The number of ether oxygens (including phenoxy) is 9. The van der Waals surface area contributed by atoms with E-state index >= 15 is 0 Å². The monoisotopic (exact) mass is 881 g/mol. The van der Waals surface area contributed by atoms with Crippen LogP contribution < -0.4 is 10.6 Å². The fraction of sp³-hybridized carbons (Fsp3) is 0.918. The smallest absolute Gasteiger partial charge is 0.407 e. The Bertz CT molecular complexity index is 1310. The van der Waals surface area contributed by atoms with E-state index in [0.717, 1.165) is 54.8 Å². The van der Waals surface area contributed by atoms with Crippen LogP contribution in [0.4, 0.5) is 9.59 Å². The van der Waals surface area contributed by atoms with E-state index in [-0.39, 0.29) is 17.6 Å². The van der Waals surface area contributed by atoms with Gasteiger partial charge in [-0.2, -0.15) is 0 Å². The second-order valence-corrected chi connectivity index (χ2v) is 20.2. The van der Waals surface area contributed by atoms with E-state index in [4.69, 9.17) is 42.6 Å². The van der Waals surface area contributed by atoms with Crippen molar-refractivity contribution in [1.82, 2.24) is 10.6 Å². The van der Waals surface area contributed by atoms with E-state index in [2.05, 4.69) is 51.3 Å². The third-order valence-corrected chi connectivity index (χ3v) is 14.2. The SMILES string of the molecule is CC(C)CCC[C@@H](C)[C@H]1CC[C@H]2[C@@H]3CC=C4C[C@H](OC(=O)NCCOCCOCCOCCOCCOCCOCCOCCNC(=O)OC(C)(C)C)CC[C@]4(C)[C@H]3CC[C@]12C. The molecule has 0 spiro atoms. The highest BCUT2D eigenvalue weighted by molar-refractivity contribution is 5.67. The maximum atomic E-state index is 12.7. The molecule has 3 fully saturated rings. The lowest BCUT2D eigenvalue weighted by molar-refractivity contribution is -0.0581. The van der Waals surface area contributed by atoms with Crippen molar-refractivity contribution >= 4 is 12.2 Å². The van der Waals surface area contributed by atoms with Crippen molar-refractivity contribution in [3.8, 4) is 0 Å². The van der Waals surface area contributed by atoms with Crippen molar-refractivity contribution in [3.63, 3.8) is 0 Å². The first-order chi connectivity index (χ1) is 29.7. The third-order valence-electron chi connectivity index (χ3n) is 14.2. The highest BCUT2D eigenvalue weighted by Crippen LogP contribution is 2.67. The van der Waals surface area contributed by atoms with Crippen LogP contribution in [0.3, 0.4) is 0 Å². The van der Waals surface area contributed by atoms with Crippen LogP contribution in [0, 0.1) is 46.3 Å².